The molecule has 1 heterocycles. The number of aromatic nitrogens is 2. The van der Waals surface area contributed by atoms with Gasteiger partial charge in [-0.3, -0.25) is 0 Å². The van der Waals surface area contributed by atoms with Crippen LogP contribution in [-0.4, -0.2) is 22.5 Å². The summed E-state index contributed by atoms with van der Waals surface area (Å²) in [5, 5.41) is 7.96. The second kappa shape index (κ2) is 9.12. The number of benzene rings is 2. The van der Waals surface area contributed by atoms with Crippen LogP contribution in [0.4, 0.5) is 35.2 Å². The van der Waals surface area contributed by atoms with Gasteiger partial charge in [-0.25, -0.2) is 14.8 Å². The number of hydrogen-bond acceptors (Lipinski definition) is 5. The molecular formula is C20H18F3N5O2. The van der Waals surface area contributed by atoms with E-state index >= 15 is 0 Å². The molecule has 0 spiro atoms. The minimum Gasteiger partial charge on any atom is -0.439 e. The molecule has 0 unspecified atom stereocenters. The summed E-state index contributed by atoms with van der Waals surface area (Å²) >= 11 is 0. The fourth-order valence-corrected chi connectivity index (χ4v) is 2.47. The van der Waals surface area contributed by atoms with Crippen molar-refractivity contribution < 1.29 is 22.7 Å². The van der Waals surface area contributed by atoms with Crippen LogP contribution in [0.15, 0.2) is 60.9 Å². The minimum absolute atomic E-state index is 0.0301. The highest BCUT2D eigenvalue weighted by molar-refractivity contribution is 5.99. The van der Waals surface area contributed by atoms with E-state index in [1.807, 2.05) is 6.92 Å². The van der Waals surface area contributed by atoms with Gasteiger partial charge in [-0.2, -0.15) is 13.2 Å². The summed E-state index contributed by atoms with van der Waals surface area (Å²) in [6.07, 6.45) is -3.11. The molecule has 0 bridgehead atoms. The lowest BCUT2D eigenvalue weighted by Crippen LogP contribution is -2.19. The van der Waals surface area contributed by atoms with Crippen LogP contribution in [0.5, 0.6) is 11.6 Å². The molecule has 0 aliphatic rings. The number of amides is 2. The third-order valence-electron chi connectivity index (χ3n) is 3.78. The summed E-state index contributed by atoms with van der Waals surface area (Å²) in [6, 6.07) is 11.8. The molecule has 0 radical (unpaired) electrons. The normalized spacial score (nSPS) is 10.9. The van der Waals surface area contributed by atoms with Gasteiger partial charge in [0.15, 0.2) is 0 Å². The van der Waals surface area contributed by atoms with Crippen molar-refractivity contribution in [1.29, 1.82) is 0 Å². The number of ether oxygens (including phenoxy) is 1. The van der Waals surface area contributed by atoms with Gasteiger partial charge in [0.1, 0.15) is 17.9 Å². The number of nitrogens with zero attached hydrogens (tertiary/aromatic N) is 2. The first-order valence-electron chi connectivity index (χ1n) is 8.92. The second-order valence-electron chi connectivity index (χ2n) is 6.06. The molecule has 0 saturated carbocycles. The lowest BCUT2D eigenvalue weighted by atomic mass is 10.2. The quantitative estimate of drug-likeness (QED) is 0.502. The molecule has 2 aromatic carbocycles. The fraction of sp³-hybridized carbons (Fsp3) is 0.150. The zero-order valence-electron chi connectivity index (χ0n) is 15.8. The zero-order chi connectivity index (χ0) is 21.6. The van der Waals surface area contributed by atoms with E-state index in [1.54, 1.807) is 30.3 Å². The topological polar surface area (TPSA) is 88.2 Å². The van der Waals surface area contributed by atoms with Crippen LogP contribution in [0.1, 0.15) is 12.5 Å². The van der Waals surface area contributed by atoms with Crippen molar-refractivity contribution in [3.63, 3.8) is 0 Å². The Morgan fingerprint density at radius 1 is 1.00 bits per heavy atom. The molecular weight excluding hydrogens is 399 g/mol. The Morgan fingerprint density at radius 2 is 1.73 bits per heavy atom. The van der Waals surface area contributed by atoms with E-state index in [1.165, 1.54) is 18.5 Å². The third kappa shape index (κ3) is 5.84. The van der Waals surface area contributed by atoms with E-state index in [-0.39, 0.29) is 5.69 Å². The maximum absolute atomic E-state index is 12.8. The first-order valence-corrected chi connectivity index (χ1v) is 8.92. The van der Waals surface area contributed by atoms with Crippen LogP contribution in [0.25, 0.3) is 0 Å². The highest BCUT2D eigenvalue weighted by Crippen LogP contribution is 2.30. The number of urea groups is 1. The van der Waals surface area contributed by atoms with Gasteiger partial charge >= 0.3 is 12.2 Å². The largest absolute Gasteiger partial charge is 0.439 e. The van der Waals surface area contributed by atoms with Crippen molar-refractivity contribution in [3.8, 4) is 11.6 Å². The van der Waals surface area contributed by atoms with E-state index in [2.05, 4.69) is 25.9 Å². The van der Waals surface area contributed by atoms with Crippen LogP contribution < -0.4 is 20.7 Å². The fourth-order valence-electron chi connectivity index (χ4n) is 2.47. The molecule has 0 saturated heterocycles. The number of carbonyl (C=O) groups excluding carboxylic acids is 1. The first kappa shape index (κ1) is 20.9. The van der Waals surface area contributed by atoms with Crippen LogP contribution in [0.2, 0.25) is 0 Å². The van der Waals surface area contributed by atoms with Crippen molar-refractivity contribution >= 4 is 23.2 Å². The molecule has 0 aliphatic heterocycles. The van der Waals surface area contributed by atoms with Crippen LogP contribution in [0.3, 0.4) is 0 Å². The number of rotatable bonds is 6. The summed E-state index contributed by atoms with van der Waals surface area (Å²) < 4.78 is 43.9. The molecule has 3 rings (SSSR count). The van der Waals surface area contributed by atoms with Gasteiger partial charge in [-0.05, 0) is 49.4 Å². The van der Waals surface area contributed by atoms with E-state index in [0.29, 0.717) is 29.7 Å². The van der Waals surface area contributed by atoms with Crippen molar-refractivity contribution in [3.05, 3.63) is 66.5 Å². The highest BCUT2D eigenvalue weighted by atomic mass is 19.4. The Labute approximate surface area is 170 Å². The standard InChI is InChI=1S/C20H18F3N5O2/c1-2-24-17-11-18(26-12-25-17)30-16-8-6-14(7-9-16)27-19(29)28-15-5-3-4-13(10-15)20(21,22)23/h3-12H,2H2,1H3,(H,24,25,26)(H2,27,28,29). The highest BCUT2D eigenvalue weighted by Gasteiger charge is 2.30. The maximum atomic E-state index is 12.8. The van der Waals surface area contributed by atoms with E-state index < -0.39 is 17.8 Å². The number of carbonyl (C=O) groups is 1. The molecule has 2 amide bonds. The Hall–Kier alpha value is -3.82. The summed E-state index contributed by atoms with van der Waals surface area (Å²) in [5.74, 6) is 1.47. The Morgan fingerprint density at radius 3 is 2.43 bits per heavy atom. The van der Waals surface area contributed by atoms with Gasteiger partial charge in [0.2, 0.25) is 5.88 Å². The van der Waals surface area contributed by atoms with E-state index in [4.69, 9.17) is 4.74 Å². The van der Waals surface area contributed by atoms with Gasteiger partial charge < -0.3 is 20.7 Å². The monoisotopic (exact) mass is 417 g/mol. The smallest absolute Gasteiger partial charge is 0.416 e. The van der Waals surface area contributed by atoms with E-state index in [0.717, 1.165) is 12.1 Å². The first-order chi connectivity index (χ1) is 14.3. The summed E-state index contributed by atoms with van der Waals surface area (Å²) in [5.41, 5.74) is -0.380. The number of anilines is 3. The summed E-state index contributed by atoms with van der Waals surface area (Å²) in [7, 11) is 0. The lowest BCUT2D eigenvalue weighted by molar-refractivity contribution is -0.137. The maximum Gasteiger partial charge on any atom is 0.416 e. The molecule has 0 fully saturated rings. The SMILES string of the molecule is CCNc1cc(Oc2ccc(NC(=O)Nc3cccc(C(F)(F)F)c3)cc2)ncn1. The molecule has 156 valence electrons. The van der Waals surface area contributed by atoms with Gasteiger partial charge in [0.25, 0.3) is 0 Å². The molecule has 7 nitrogen and oxygen atoms in total. The van der Waals surface area contributed by atoms with Crippen molar-refractivity contribution in [2.24, 2.45) is 0 Å². The average molecular weight is 417 g/mol. The Balaban J connectivity index is 1.59. The third-order valence-corrected chi connectivity index (χ3v) is 3.78. The molecule has 1 aromatic heterocycles. The van der Waals surface area contributed by atoms with Gasteiger partial charge in [0.05, 0.1) is 5.56 Å². The number of alkyl halides is 3. The summed E-state index contributed by atoms with van der Waals surface area (Å²) in [6.45, 7) is 2.65. The second-order valence-corrected chi connectivity index (χ2v) is 6.06. The average Bonchev–Trinajstić information content (AvgIpc) is 2.70. The van der Waals surface area contributed by atoms with Gasteiger partial charge in [0, 0.05) is 24.0 Å². The van der Waals surface area contributed by atoms with Crippen LogP contribution in [0, 0.1) is 0 Å². The molecule has 0 aliphatic carbocycles. The van der Waals surface area contributed by atoms with Crippen molar-refractivity contribution in [2.75, 3.05) is 22.5 Å². The van der Waals surface area contributed by atoms with Crippen LogP contribution >= 0.6 is 0 Å². The predicted molar refractivity (Wildman–Crippen MR) is 107 cm³/mol. The Kier molecular flexibility index (Phi) is 6.35. The molecule has 0 atom stereocenters. The zero-order valence-corrected chi connectivity index (χ0v) is 15.8. The lowest BCUT2D eigenvalue weighted by Gasteiger charge is -2.11. The number of halogens is 3. The van der Waals surface area contributed by atoms with Crippen LogP contribution in [-0.2, 0) is 6.18 Å². The molecule has 30 heavy (non-hydrogen) atoms. The van der Waals surface area contributed by atoms with Gasteiger partial charge in [-0.1, -0.05) is 6.07 Å². The molecule has 3 N–H and O–H groups in total. The minimum atomic E-state index is -4.49. The number of nitrogens with one attached hydrogen (secondary N) is 3. The number of hydrogen-bond donors (Lipinski definition) is 3. The molecule has 10 heteroatoms. The molecule has 3 aromatic rings. The summed E-state index contributed by atoms with van der Waals surface area (Å²) in [4.78, 5) is 20.1. The van der Waals surface area contributed by atoms with E-state index in [9.17, 15) is 18.0 Å². The van der Waals surface area contributed by atoms with Crippen molar-refractivity contribution in [1.82, 2.24) is 9.97 Å². The Bertz CT molecular complexity index is 1010. The van der Waals surface area contributed by atoms with Gasteiger partial charge in [-0.15, -0.1) is 0 Å². The van der Waals surface area contributed by atoms with Crippen molar-refractivity contribution in [2.45, 2.75) is 13.1 Å². The predicted octanol–water partition coefficient (Wildman–Crippen LogP) is 5.36.